The van der Waals surface area contributed by atoms with Crippen molar-refractivity contribution in [1.29, 1.82) is 0 Å². The summed E-state index contributed by atoms with van der Waals surface area (Å²) in [6.07, 6.45) is 0.183. The van der Waals surface area contributed by atoms with Crippen LogP contribution in [-0.4, -0.2) is 33.7 Å². The van der Waals surface area contributed by atoms with Gasteiger partial charge in [0.25, 0.3) is 5.91 Å². The number of thiazole rings is 1. The highest BCUT2D eigenvalue weighted by atomic mass is 32.1. The zero-order valence-corrected chi connectivity index (χ0v) is 13.5. The maximum Gasteiger partial charge on any atom is 0.268 e. The third-order valence-corrected chi connectivity index (χ3v) is 4.71. The molecule has 1 aromatic carbocycles. The molecular formula is C15H13F2N3O3S. The third kappa shape index (κ3) is 2.86. The van der Waals surface area contributed by atoms with Gasteiger partial charge in [0.05, 0.1) is 10.2 Å². The van der Waals surface area contributed by atoms with Crippen molar-refractivity contribution in [1.82, 2.24) is 9.47 Å². The van der Waals surface area contributed by atoms with E-state index in [9.17, 15) is 23.2 Å². The molecule has 0 spiro atoms. The molecule has 2 heterocycles. The molecule has 0 bridgehead atoms. The molecule has 126 valence electrons. The van der Waals surface area contributed by atoms with Crippen LogP contribution in [0.4, 0.5) is 8.78 Å². The van der Waals surface area contributed by atoms with Gasteiger partial charge >= 0.3 is 0 Å². The number of aryl methyl sites for hydroxylation is 1. The third-order valence-electron chi connectivity index (χ3n) is 3.68. The van der Waals surface area contributed by atoms with Gasteiger partial charge in [-0.1, -0.05) is 11.3 Å². The fourth-order valence-electron chi connectivity index (χ4n) is 2.58. The van der Waals surface area contributed by atoms with Gasteiger partial charge in [0, 0.05) is 25.5 Å². The molecule has 0 radical (unpaired) electrons. The largest absolute Gasteiger partial charge is 0.314 e. The molecule has 0 atom stereocenters. The van der Waals surface area contributed by atoms with Gasteiger partial charge < -0.3 is 4.57 Å². The van der Waals surface area contributed by atoms with Crippen LogP contribution >= 0.6 is 11.3 Å². The number of benzene rings is 1. The Morgan fingerprint density at radius 2 is 1.92 bits per heavy atom. The van der Waals surface area contributed by atoms with Crippen LogP contribution < -0.4 is 4.80 Å². The first kappa shape index (κ1) is 16.4. The summed E-state index contributed by atoms with van der Waals surface area (Å²) in [5.74, 6) is -2.95. The second-order valence-electron chi connectivity index (χ2n) is 5.24. The highest BCUT2D eigenvalue weighted by Crippen LogP contribution is 2.22. The van der Waals surface area contributed by atoms with E-state index in [0.29, 0.717) is 11.2 Å². The lowest BCUT2D eigenvalue weighted by Gasteiger charge is -2.10. The number of nitrogens with zero attached hydrogens (tertiary/aromatic N) is 3. The quantitative estimate of drug-likeness (QED) is 0.787. The smallest absolute Gasteiger partial charge is 0.268 e. The normalized spacial score (nSPS) is 15.8. The van der Waals surface area contributed by atoms with Gasteiger partial charge in [-0.25, -0.2) is 8.78 Å². The van der Waals surface area contributed by atoms with Crippen molar-refractivity contribution >= 4 is 39.3 Å². The summed E-state index contributed by atoms with van der Waals surface area (Å²) in [6, 6.07) is 1.95. The van der Waals surface area contributed by atoms with E-state index in [-0.39, 0.29) is 23.2 Å². The second-order valence-corrected chi connectivity index (χ2v) is 6.25. The Hall–Kier alpha value is -2.42. The molecule has 0 saturated carbocycles. The fourth-order valence-corrected chi connectivity index (χ4v) is 3.73. The van der Waals surface area contributed by atoms with Crippen LogP contribution in [0.3, 0.4) is 0 Å². The number of fused-ring (bicyclic) bond motifs is 1. The van der Waals surface area contributed by atoms with Gasteiger partial charge in [-0.2, -0.15) is 4.99 Å². The minimum Gasteiger partial charge on any atom is -0.314 e. The zero-order valence-electron chi connectivity index (χ0n) is 12.7. The summed E-state index contributed by atoms with van der Waals surface area (Å²) in [4.78, 5) is 40.1. The maximum atomic E-state index is 14.0. The molecule has 3 amide bonds. The number of halogens is 2. The summed E-state index contributed by atoms with van der Waals surface area (Å²) < 4.78 is 29.1. The van der Waals surface area contributed by atoms with Crippen molar-refractivity contribution in [3.8, 4) is 0 Å². The van der Waals surface area contributed by atoms with E-state index in [1.807, 2.05) is 0 Å². The minimum atomic E-state index is -0.734. The van der Waals surface area contributed by atoms with Crippen LogP contribution in [0, 0.1) is 11.6 Å². The first-order valence-corrected chi connectivity index (χ1v) is 8.11. The van der Waals surface area contributed by atoms with Crippen molar-refractivity contribution < 1.29 is 23.2 Å². The Kier molecular flexibility index (Phi) is 4.27. The Morgan fingerprint density at radius 3 is 2.54 bits per heavy atom. The van der Waals surface area contributed by atoms with Crippen LogP contribution in [0.2, 0.25) is 0 Å². The Morgan fingerprint density at radius 1 is 1.25 bits per heavy atom. The van der Waals surface area contributed by atoms with E-state index >= 15 is 0 Å². The molecule has 1 aliphatic heterocycles. The molecule has 3 rings (SSSR count). The highest BCUT2D eigenvalue weighted by molar-refractivity contribution is 7.16. The van der Waals surface area contributed by atoms with Crippen molar-refractivity contribution in [2.75, 3.05) is 6.54 Å². The molecule has 1 aliphatic rings. The molecule has 1 aromatic heterocycles. The lowest BCUT2D eigenvalue weighted by molar-refractivity contribution is -0.141. The van der Waals surface area contributed by atoms with Gasteiger partial charge in [-0.3, -0.25) is 19.3 Å². The average molecular weight is 353 g/mol. The van der Waals surface area contributed by atoms with E-state index in [0.717, 1.165) is 22.3 Å². The van der Waals surface area contributed by atoms with Crippen LogP contribution in [0.15, 0.2) is 17.1 Å². The van der Waals surface area contributed by atoms with E-state index in [1.165, 1.54) is 10.6 Å². The number of carbonyl (C=O) groups is 3. The molecular weight excluding hydrogens is 340 g/mol. The number of imide groups is 1. The van der Waals surface area contributed by atoms with Gasteiger partial charge in [-0.15, -0.1) is 0 Å². The van der Waals surface area contributed by atoms with E-state index < -0.39 is 35.9 Å². The molecule has 24 heavy (non-hydrogen) atoms. The van der Waals surface area contributed by atoms with Crippen LogP contribution in [0.5, 0.6) is 0 Å². The number of hydrogen-bond donors (Lipinski definition) is 0. The Labute approximate surface area is 139 Å². The Balaban J connectivity index is 2.00. The Bertz CT molecular complexity index is 916. The molecule has 0 aliphatic carbocycles. The standard InChI is InChI=1S/C15H13F2N3O3S/c1-2-19-14-9(17)5-8(16)6-10(14)24-15(19)18-11(21)7-20-12(22)3-4-13(20)23/h5-6H,2-4,7H2,1H3. The molecule has 2 aromatic rings. The second kappa shape index (κ2) is 6.23. The fraction of sp³-hybridized carbons (Fsp3) is 0.333. The number of amides is 3. The van der Waals surface area contributed by atoms with Crippen molar-refractivity contribution in [2.45, 2.75) is 26.3 Å². The lowest BCUT2D eigenvalue weighted by Crippen LogP contribution is -2.34. The van der Waals surface area contributed by atoms with Gasteiger partial charge in [-0.05, 0) is 13.0 Å². The molecule has 0 N–H and O–H groups in total. The molecule has 6 nitrogen and oxygen atoms in total. The van der Waals surface area contributed by atoms with Crippen molar-refractivity contribution in [3.05, 3.63) is 28.6 Å². The first-order valence-electron chi connectivity index (χ1n) is 7.30. The van der Waals surface area contributed by atoms with Gasteiger partial charge in [0.15, 0.2) is 10.6 Å². The number of hydrogen-bond acceptors (Lipinski definition) is 4. The zero-order chi connectivity index (χ0) is 17.4. The predicted octanol–water partition coefficient (Wildman–Crippen LogP) is 1.58. The molecule has 1 saturated heterocycles. The summed E-state index contributed by atoms with van der Waals surface area (Å²) in [6.45, 7) is 1.63. The van der Waals surface area contributed by atoms with E-state index in [4.69, 9.17) is 0 Å². The first-order chi connectivity index (χ1) is 11.4. The number of aromatic nitrogens is 1. The average Bonchev–Trinajstić information content (AvgIpc) is 3.01. The highest BCUT2D eigenvalue weighted by Gasteiger charge is 2.30. The monoisotopic (exact) mass is 353 g/mol. The van der Waals surface area contributed by atoms with E-state index in [1.54, 1.807) is 6.92 Å². The molecule has 1 fully saturated rings. The SMILES string of the molecule is CCn1c(=NC(=O)CN2C(=O)CCC2=O)sc2cc(F)cc(F)c21. The van der Waals surface area contributed by atoms with Crippen LogP contribution in [0.25, 0.3) is 10.2 Å². The topological polar surface area (TPSA) is 71.7 Å². The number of likely N-dealkylation sites (tertiary alicyclic amines) is 1. The van der Waals surface area contributed by atoms with Crippen LogP contribution in [-0.2, 0) is 20.9 Å². The summed E-state index contributed by atoms with van der Waals surface area (Å²) in [7, 11) is 0. The molecule has 9 heteroatoms. The maximum absolute atomic E-state index is 14.0. The van der Waals surface area contributed by atoms with Crippen molar-refractivity contribution in [2.24, 2.45) is 4.99 Å². The van der Waals surface area contributed by atoms with Gasteiger partial charge in [0.1, 0.15) is 12.4 Å². The van der Waals surface area contributed by atoms with Crippen molar-refractivity contribution in [3.63, 3.8) is 0 Å². The molecule has 0 unspecified atom stereocenters. The lowest BCUT2D eigenvalue weighted by atomic mass is 10.3. The van der Waals surface area contributed by atoms with Crippen LogP contribution in [0.1, 0.15) is 19.8 Å². The number of carbonyl (C=O) groups excluding carboxylic acids is 3. The summed E-state index contributed by atoms with van der Waals surface area (Å²) in [5, 5.41) is 0. The summed E-state index contributed by atoms with van der Waals surface area (Å²) in [5.41, 5.74) is 0.170. The predicted molar refractivity (Wildman–Crippen MR) is 81.9 cm³/mol. The van der Waals surface area contributed by atoms with E-state index in [2.05, 4.69) is 4.99 Å². The minimum absolute atomic E-state index is 0.0917. The van der Waals surface area contributed by atoms with Gasteiger partial charge in [0.2, 0.25) is 11.8 Å². The summed E-state index contributed by atoms with van der Waals surface area (Å²) >= 11 is 0.972. The number of rotatable bonds is 3.